The van der Waals surface area contributed by atoms with E-state index < -0.39 is 6.04 Å². The van der Waals surface area contributed by atoms with Crippen molar-refractivity contribution in [1.82, 2.24) is 14.8 Å². The Morgan fingerprint density at radius 2 is 2.00 bits per heavy atom. The Bertz CT molecular complexity index is 1220. The van der Waals surface area contributed by atoms with Crippen LogP contribution in [-0.4, -0.2) is 32.5 Å². The first kappa shape index (κ1) is 23.9. The number of aromatic nitrogens is 3. The number of benzene rings is 2. The molecular formula is C26H31N5O2S. The average Bonchev–Trinajstić information content (AvgIpc) is 3.18. The lowest BCUT2D eigenvalue weighted by Gasteiger charge is -2.29. The van der Waals surface area contributed by atoms with Crippen molar-refractivity contribution in [3.8, 4) is 5.75 Å². The van der Waals surface area contributed by atoms with Crippen molar-refractivity contribution in [2.45, 2.75) is 58.3 Å². The third-order valence-corrected chi connectivity index (χ3v) is 6.38. The largest absolute Gasteiger partial charge is 0.491 e. The van der Waals surface area contributed by atoms with Gasteiger partial charge in [0, 0.05) is 17.1 Å². The second kappa shape index (κ2) is 10.3. The summed E-state index contributed by atoms with van der Waals surface area (Å²) in [6.45, 7) is 10.0. The topological polar surface area (TPSA) is 81.1 Å². The van der Waals surface area contributed by atoms with Gasteiger partial charge in [0.2, 0.25) is 11.1 Å². The first-order chi connectivity index (χ1) is 16.4. The van der Waals surface area contributed by atoms with E-state index in [1.165, 1.54) is 0 Å². The summed E-state index contributed by atoms with van der Waals surface area (Å²) in [5.41, 5.74) is 4.08. The summed E-state index contributed by atoms with van der Waals surface area (Å²) in [7, 11) is 0. The van der Waals surface area contributed by atoms with E-state index in [0.29, 0.717) is 16.7 Å². The van der Waals surface area contributed by atoms with Crippen molar-refractivity contribution in [2.75, 3.05) is 16.4 Å². The van der Waals surface area contributed by atoms with Crippen LogP contribution in [0.5, 0.6) is 5.75 Å². The van der Waals surface area contributed by atoms with Crippen LogP contribution >= 0.6 is 11.8 Å². The zero-order valence-corrected chi connectivity index (χ0v) is 21.1. The van der Waals surface area contributed by atoms with Crippen LogP contribution in [0.25, 0.3) is 0 Å². The van der Waals surface area contributed by atoms with Gasteiger partial charge in [-0.05, 0) is 69.5 Å². The highest BCUT2D eigenvalue weighted by Gasteiger charge is 2.34. The van der Waals surface area contributed by atoms with Crippen LogP contribution in [0.3, 0.4) is 0 Å². The van der Waals surface area contributed by atoms with Gasteiger partial charge in [0.25, 0.3) is 5.91 Å². The Kier molecular flexibility index (Phi) is 7.26. The van der Waals surface area contributed by atoms with E-state index in [4.69, 9.17) is 9.84 Å². The van der Waals surface area contributed by atoms with Gasteiger partial charge in [0.15, 0.2) is 0 Å². The second-order valence-electron chi connectivity index (χ2n) is 8.64. The van der Waals surface area contributed by atoms with Crippen LogP contribution in [-0.2, 0) is 4.79 Å². The van der Waals surface area contributed by atoms with Crippen molar-refractivity contribution in [2.24, 2.45) is 0 Å². The summed E-state index contributed by atoms with van der Waals surface area (Å²) in [6.07, 6.45) is 1.07. The minimum atomic E-state index is -0.444. The van der Waals surface area contributed by atoms with Gasteiger partial charge in [-0.15, -0.1) is 5.10 Å². The summed E-state index contributed by atoms with van der Waals surface area (Å²) >= 11 is 1.61. The second-order valence-corrected chi connectivity index (χ2v) is 9.70. The van der Waals surface area contributed by atoms with Gasteiger partial charge in [-0.25, -0.2) is 4.68 Å². The zero-order valence-electron chi connectivity index (χ0n) is 20.3. The Labute approximate surface area is 205 Å². The smallest absolute Gasteiger partial charge is 0.255 e. The molecule has 0 fully saturated rings. The number of carbonyl (C=O) groups is 1. The molecule has 0 saturated heterocycles. The molecule has 1 aliphatic heterocycles. The Balaban J connectivity index is 1.77. The highest BCUT2D eigenvalue weighted by atomic mass is 32.2. The van der Waals surface area contributed by atoms with Gasteiger partial charge in [-0.1, -0.05) is 43.0 Å². The maximum Gasteiger partial charge on any atom is 0.255 e. The van der Waals surface area contributed by atoms with Gasteiger partial charge < -0.3 is 15.4 Å². The number of aryl methyl sites for hydroxylation is 1. The number of nitrogens with one attached hydrogen (secondary N) is 2. The molecule has 2 heterocycles. The van der Waals surface area contributed by atoms with Crippen LogP contribution in [0.4, 0.5) is 11.6 Å². The van der Waals surface area contributed by atoms with Crippen molar-refractivity contribution in [3.63, 3.8) is 0 Å². The summed E-state index contributed by atoms with van der Waals surface area (Å²) in [5.74, 6) is 2.13. The number of fused-ring (bicyclic) bond motifs is 1. The van der Waals surface area contributed by atoms with E-state index in [0.717, 1.165) is 40.4 Å². The highest BCUT2D eigenvalue weighted by Crippen LogP contribution is 2.37. The molecule has 7 nitrogen and oxygen atoms in total. The molecule has 1 aliphatic rings. The summed E-state index contributed by atoms with van der Waals surface area (Å²) in [5, 5.41) is 11.8. The van der Waals surface area contributed by atoms with Gasteiger partial charge in [0.05, 0.1) is 11.7 Å². The fourth-order valence-corrected chi connectivity index (χ4v) is 4.62. The van der Waals surface area contributed by atoms with Crippen LogP contribution in [0.2, 0.25) is 0 Å². The summed E-state index contributed by atoms with van der Waals surface area (Å²) in [6, 6.07) is 15.2. The molecule has 1 atom stereocenters. The lowest BCUT2D eigenvalue weighted by atomic mass is 9.94. The third-order valence-electron chi connectivity index (χ3n) is 5.33. The number of thioether (sulfide) groups is 1. The molecule has 34 heavy (non-hydrogen) atoms. The number of allylic oxidation sites excluding steroid dienone is 1. The van der Waals surface area contributed by atoms with Gasteiger partial charge in [-0.3, -0.25) is 4.79 Å². The van der Waals surface area contributed by atoms with Gasteiger partial charge >= 0.3 is 0 Å². The molecule has 1 unspecified atom stereocenters. The molecule has 0 saturated carbocycles. The van der Waals surface area contributed by atoms with Crippen molar-refractivity contribution in [1.29, 1.82) is 0 Å². The van der Waals surface area contributed by atoms with Crippen LogP contribution in [0.15, 0.2) is 65.0 Å². The van der Waals surface area contributed by atoms with Crippen molar-refractivity contribution >= 4 is 29.3 Å². The van der Waals surface area contributed by atoms with E-state index in [-0.39, 0.29) is 12.0 Å². The monoisotopic (exact) mass is 477 g/mol. The minimum Gasteiger partial charge on any atom is -0.491 e. The molecular weight excluding hydrogens is 446 g/mol. The molecule has 0 aliphatic carbocycles. The Morgan fingerprint density at radius 1 is 1.21 bits per heavy atom. The number of rotatable bonds is 8. The number of carbonyl (C=O) groups excluding carboxylic acids is 1. The first-order valence-corrected chi connectivity index (χ1v) is 12.6. The number of ether oxygens (including phenoxy) is 1. The fraction of sp³-hybridized carbons (Fsp3) is 0.346. The SMILES string of the molecule is CCCSc1nc2n(n1)C(c1cccc(OC(C)C)c1)C(C(=O)Nc1cccc(C)c1)=C(C)N2. The zero-order chi connectivity index (χ0) is 24.2. The highest BCUT2D eigenvalue weighted by molar-refractivity contribution is 7.99. The predicted octanol–water partition coefficient (Wildman–Crippen LogP) is 5.80. The Morgan fingerprint density at radius 3 is 2.74 bits per heavy atom. The summed E-state index contributed by atoms with van der Waals surface area (Å²) < 4.78 is 7.75. The molecule has 0 spiro atoms. The van der Waals surface area contributed by atoms with Crippen molar-refractivity contribution < 1.29 is 9.53 Å². The maximum atomic E-state index is 13.6. The molecule has 8 heteroatoms. The van der Waals surface area contributed by atoms with Crippen LogP contribution in [0, 0.1) is 6.92 Å². The standard InChI is InChI=1S/C26H31N5O2S/c1-6-13-34-26-29-25-27-18(5)22(24(32)28-20-11-7-9-17(4)14-20)23(31(25)30-26)19-10-8-12-21(15-19)33-16(2)3/h7-12,14-16,23H,6,13H2,1-5H3,(H,28,32)(H,27,29,30). The molecule has 1 aromatic heterocycles. The molecule has 3 aromatic rings. The van der Waals surface area contributed by atoms with Gasteiger partial charge in [-0.2, -0.15) is 4.98 Å². The first-order valence-electron chi connectivity index (χ1n) is 11.6. The predicted molar refractivity (Wildman–Crippen MR) is 138 cm³/mol. The number of anilines is 2. The van der Waals surface area contributed by atoms with E-state index in [9.17, 15) is 4.79 Å². The molecule has 2 N–H and O–H groups in total. The minimum absolute atomic E-state index is 0.0450. The van der Waals surface area contributed by atoms with E-state index in [1.807, 2.05) is 80.9 Å². The average molecular weight is 478 g/mol. The number of amides is 1. The number of hydrogen-bond acceptors (Lipinski definition) is 6. The molecule has 178 valence electrons. The Hall–Kier alpha value is -3.26. The molecule has 2 aromatic carbocycles. The fourth-order valence-electron chi connectivity index (χ4n) is 3.94. The van der Waals surface area contributed by atoms with E-state index in [2.05, 4.69) is 22.5 Å². The molecule has 0 radical (unpaired) electrons. The van der Waals surface area contributed by atoms with E-state index in [1.54, 1.807) is 11.8 Å². The summed E-state index contributed by atoms with van der Waals surface area (Å²) in [4.78, 5) is 18.3. The number of hydrogen-bond donors (Lipinski definition) is 2. The molecule has 0 bridgehead atoms. The quantitative estimate of drug-likeness (QED) is 0.399. The molecule has 4 rings (SSSR count). The normalized spacial score (nSPS) is 15.2. The maximum absolute atomic E-state index is 13.6. The van der Waals surface area contributed by atoms with Crippen molar-refractivity contribution in [3.05, 3.63) is 70.9 Å². The lowest BCUT2D eigenvalue weighted by Crippen LogP contribution is -2.31. The number of nitrogens with zero attached hydrogens (tertiary/aromatic N) is 3. The van der Waals surface area contributed by atoms with Crippen LogP contribution < -0.4 is 15.4 Å². The molecule has 1 amide bonds. The lowest BCUT2D eigenvalue weighted by molar-refractivity contribution is -0.113. The van der Waals surface area contributed by atoms with Crippen LogP contribution in [0.1, 0.15) is 51.3 Å². The van der Waals surface area contributed by atoms with E-state index >= 15 is 0 Å². The third kappa shape index (κ3) is 5.28. The van der Waals surface area contributed by atoms with Gasteiger partial charge in [0.1, 0.15) is 11.8 Å².